The first-order valence-electron chi connectivity index (χ1n) is 8.76. The van der Waals surface area contributed by atoms with Gasteiger partial charge in [0.05, 0.1) is 27.3 Å². The van der Waals surface area contributed by atoms with E-state index in [1.165, 1.54) is 0 Å². The SMILES string of the molecule is Cc1noc(C)c1CSc1ccccc1C(=O)NC(C)c1ccc(Cl)c(Cl)c1. The van der Waals surface area contributed by atoms with Gasteiger partial charge in [0.25, 0.3) is 5.91 Å². The normalized spacial score (nSPS) is 12.0. The first-order valence-corrected chi connectivity index (χ1v) is 10.5. The second kappa shape index (κ2) is 9.03. The van der Waals surface area contributed by atoms with Crippen molar-refractivity contribution in [3.8, 4) is 0 Å². The molecular formula is C21H20Cl2N2O2S. The molecule has 146 valence electrons. The van der Waals surface area contributed by atoms with Gasteiger partial charge >= 0.3 is 0 Å². The lowest BCUT2D eigenvalue weighted by Crippen LogP contribution is -2.27. The van der Waals surface area contributed by atoms with Gasteiger partial charge in [-0.3, -0.25) is 4.79 Å². The average molecular weight is 435 g/mol. The van der Waals surface area contributed by atoms with Crippen LogP contribution < -0.4 is 5.32 Å². The molecular weight excluding hydrogens is 415 g/mol. The highest BCUT2D eigenvalue weighted by molar-refractivity contribution is 7.98. The van der Waals surface area contributed by atoms with Gasteiger partial charge in [0.2, 0.25) is 0 Å². The van der Waals surface area contributed by atoms with Gasteiger partial charge in [0.15, 0.2) is 0 Å². The number of aryl methyl sites for hydroxylation is 2. The molecule has 3 rings (SSSR count). The lowest BCUT2D eigenvalue weighted by Gasteiger charge is -2.16. The number of hydrogen-bond acceptors (Lipinski definition) is 4. The van der Waals surface area contributed by atoms with Crippen LogP contribution in [0.25, 0.3) is 0 Å². The van der Waals surface area contributed by atoms with E-state index >= 15 is 0 Å². The fourth-order valence-electron chi connectivity index (χ4n) is 2.78. The van der Waals surface area contributed by atoms with Gasteiger partial charge in [0.1, 0.15) is 5.76 Å². The molecule has 1 aromatic heterocycles. The van der Waals surface area contributed by atoms with E-state index in [4.69, 9.17) is 27.7 Å². The van der Waals surface area contributed by atoms with E-state index in [2.05, 4.69) is 10.5 Å². The van der Waals surface area contributed by atoms with Crippen molar-refractivity contribution >= 4 is 40.9 Å². The average Bonchev–Trinajstić information content (AvgIpc) is 3.00. The van der Waals surface area contributed by atoms with Crippen LogP contribution in [0, 0.1) is 13.8 Å². The highest BCUT2D eigenvalue weighted by Gasteiger charge is 2.17. The van der Waals surface area contributed by atoms with Crippen molar-refractivity contribution in [2.75, 3.05) is 0 Å². The number of aromatic nitrogens is 1. The van der Waals surface area contributed by atoms with Crippen LogP contribution in [-0.4, -0.2) is 11.1 Å². The van der Waals surface area contributed by atoms with E-state index in [1.807, 2.05) is 51.1 Å². The van der Waals surface area contributed by atoms with Gasteiger partial charge in [-0.05, 0) is 50.6 Å². The van der Waals surface area contributed by atoms with Crippen LogP contribution in [0.5, 0.6) is 0 Å². The maximum Gasteiger partial charge on any atom is 0.252 e. The quantitative estimate of drug-likeness (QED) is 0.457. The van der Waals surface area contributed by atoms with Crippen LogP contribution in [0.2, 0.25) is 10.0 Å². The summed E-state index contributed by atoms with van der Waals surface area (Å²) < 4.78 is 5.22. The Kier molecular flexibility index (Phi) is 6.70. The summed E-state index contributed by atoms with van der Waals surface area (Å²) >= 11 is 13.7. The summed E-state index contributed by atoms with van der Waals surface area (Å²) in [6, 6.07) is 12.7. The second-order valence-corrected chi connectivity index (χ2v) is 8.29. The minimum Gasteiger partial charge on any atom is -0.361 e. The summed E-state index contributed by atoms with van der Waals surface area (Å²) in [6.45, 7) is 5.73. The van der Waals surface area contributed by atoms with Crippen LogP contribution in [0.1, 0.15) is 45.9 Å². The minimum atomic E-state index is -0.206. The molecule has 0 aliphatic carbocycles. The van der Waals surface area contributed by atoms with E-state index < -0.39 is 0 Å². The molecule has 7 heteroatoms. The molecule has 0 aliphatic rings. The summed E-state index contributed by atoms with van der Waals surface area (Å²) in [5.41, 5.74) is 3.46. The van der Waals surface area contributed by atoms with Gasteiger partial charge in [-0.25, -0.2) is 0 Å². The Morgan fingerprint density at radius 1 is 1.18 bits per heavy atom. The zero-order chi connectivity index (χ0) is 20.3. The Morgan fingerprint density at radius 2 is 1.93 bits per heavy atom. The molecule has 28 heavy (non-hydrogen) atoms. The van der Waals surface area contributed by atoms with Crippen molar-refractivity contribution in [2.24, 2.45) is 0 Å². The van der Waals surface area contributed by atoms with E-state index in [0.29, 0.717) is 21.4 Å². The number of carbonyl (C=O) groups is 1. The van der Waals surface area contributed by atoms with Gasteiger partial charge in [-0.15, -0.1) is 11.8 Å². The van der Waals surface area contributed by atoms with Crippen LogP contribution in [0.15, 0.2) is 51.9 Å². The number of rotatable bonds is 6. The summed E-state index contributed by atoms with van der Waals surface area (Å²) in [7, 11) is 0. The summed E-state index contributed by atoms with van der Waals surface area (Å²) in [5.74, 6) is 1.36. The third-order valence-corrected chi connectivity index (χ3v) is 6.32. The van der Waals surface area contributed by atoms with Crippen molar-refractivity contribution in [3.05, 3.63) is 80.7 Å². The van der Waals surface area contributed by atoms with Crippen LogP contribution in [0.3, 0.4) is 0 Å². The Hall–Kier alpha value is -1.95. The topological polar surface area (TPSA) is 55.1 Å². The number of amides is 1. The van der Waals surface area contributed by atoms with E-state index in [0.717, 1.165) is 27.5 Å². The smallest absolute Gasteiger partial charge is 0.252 e. The van der Waals surface area contributed by atoms with Crippen molar-refractivity contribution in [1.29, 1.82) is 0 Å². The number of carbonyl (C=O) groups excluding carboxylic acids is 1. The van der Waals surface area contributed by atoms with Crippen molar-refractivity contribution in [3.63, 3.8) is 0 Å². The van der Waals surface area contributed by atoms with Crippen LogP contribution >= 0.6 is 35.0 Å². The third kappa shape index (κ3) is 4.72. The third-order valence-electron chi connectivity index (χ3n) is 4.48. The number of nitrogens with one attached hydrogen (secondary N) is 1. The Labute approximate surface area is 178 Å². The second-order valence-electron chi connectivity index (χ2n) is 6.46. The minimum absolute atomic E-state index is 0.138. The molecule has 3 aromatic rings. The van der Waals surface area contributed by atoms with E-state index in [1.54, 1.807) is 23.9 Å². The maximum absolute atomic E-state index is 12.9. The molecule has 0 spiro atoms. The predicted molar refractivity (Wildman–Crippen MR) is 114 cm³/mol. The maximum atomic E-state index is 12.9. The molecule has 1 N–H and O–H groups in total. The molecule has 0 radical (unpaired) electrons. The zero-order valence-corrected chi connectivity index (χ0v) is 18.1. The molecule has 1 amide bonds. The highest BCUT2D eigenvalue weighted by atomic mass is 35.5. The molecule has 4 nitrogen and oxygen atoms in total. The summed E-state index contributed by atoms with van der Waals surface area (Å²) in [4.78, 5) is 13.8. The first kappa shape index (κ1) is 20.8. The van der Waals surface area contributed by atoms with Gasteiger partial charge in [0, 0.05) is 16.2 Å². The Balaban J connectivity index is 1.74. The molecule has 2 aromatic carbocycles. The van der Waals surface area contributed by atoms with Crippen molar-refractivity contribution < 1.29 is 9.32 Å². The molecule has 1 heterocycles. The molecule has 1 unspecified atom stereocenters. The zero-order valence-electron chi connectivity index (χ0n) is 15.8. The van der Waals surface area contributed by atoms with Gasteiger partial charge < -0.3 is 9.84 Å². The standard InChI is InChI=1S/C21H20Cl2N2O2S/c1-12(15-8-9-18(22)19(23)10-15)24-21(26)16-6-4-5-7-20(16)28-11-17-13(2)25-27-14(17)3/h4-10,12H,11H2,1-3H3,(H,24,26). The van der Waals surface area contributed by atoms with E-state index in [9.17, 15) is 4.79 Å². The first-order chi connectivity index (χ1) is 13.4. The van der Waals surface area contributed by atoms with Crippen LogP contribution in [-0.2, 0) is 5.75 Å². The molecule has 0 saturated heterocycles. The lowest BCUT2D eigenvalue weighted by atomic mass is 10.1. The fourth-order valence-corrected chi connectivity index (χ4v) is 4.29. The predicted octanol–water partition coefficient (Wildman–Crippen LogP) is 6.38. The number of benzene rings is 2. The summed E-state index contributed by atoms with van der Waals surface area (Å²) in [6.07, 6.45) is 0. The number of halogens is 2. The van der Waals surface area contributed by atoms with Gasteiger partial charge in [-0.1, -0.05) is 46.6 Å². The lowest BCUT2D eigenvalue weighted by molar-refractivity contribution is 0.0937. The number of hydrogen-bond donors (Lipinski definition) is 1. The van der Waals surface area contributed by atoms with Crippen molar-refractivity contribution in [1.82, 2.24) is 10.5 Å². The van der Waals surface area contributed by atoms with Crippen LogP contribution in [0.4, 0.5) is 0 Å². The Morgan fingerprint density at radius 3 is 2.61 bits per heavy atom. The molecule has 0 saturated carbocycles. The van der Waals surface area contributed by atoms with Gasteiger partial charge in [-0.2, -0.15) is 0 Å². The van der Waals surface area contributed by atoms with E-state index in [-0.39, 0.29) is 11.9 Å². The largest absolute Gasteiger partial charge is 0.361 e. The number of nitrogens with zero attached hydrogens (tertiary/aromatic N) is 1. The molecule has 0 bridgehead atoms. The number of thioether (sulfide) groups is 1. The monoisotopic (exact) mass is 434 g/mol. The molecule has 1 atom stereocenters. The molecule has 0 fully saturated rings. The molecule has 0 aliphatic heterocycles. The van der Waals surface area contributed by atoms with Crippen molar-refractivity contribution in [2.45, 2.75) is 37.5 Å². The fraction of sp³-hybridized carbons (Fsp3) is 0.238. The Bertz CT molecular complexity index is 984. The summed E-state index contributed by atoms with van der Waals surface area (Å²) in [5, 5.41) is 7.97. The highest BCUT2D eigenvalue weighted by Crippen LogP contribution is 2.30.